The Hall–Kier alpha value is 0.816. The quantitative estimate of drug-likeness (QED) is 0.0969. The molecule has 2 aromatic carbocycles. The number of allylic oxidation sites excluding steroid dienone is 13. The van der Waals surface area contributed by atoms with Crippen molar-refractivity contribution in [2.75, 3.05) is 0 Å². The van der Waals surface area contributed by atoms with Crippen molar-refractivity contribution < 1.29 is 109 Å². The molecular formula is C134H245N5Si5Ti5. The van der Waals surface area contributed by atoms with E-state index in [9.17, 15) is 0 Å². The van der Waals surface area contributed by atoms with Gasteiger partial charge in [0.2, 0.25) is 0 Å². The molecule has 0 aliphatic heterocycles. The van der Waals surface area contributed by atoms with Gasteiger partial charge in [-0.2, -0.15) is 6.08 Å². The molecule has 846 valence electrons. The molecule has 5 nitrogen and oxygen atoms in total. The maximum Gasteiger partial charge on any atom is 4.00 e. The van der Waals surface area contributed by atoms with Gasteiger partial charge in [-0.3, -0.25) is 6.08 Å². The molecule has 0 heterocycles. The molecule has 15 heteroatoms. The van der Waals surface area contributed by atoms with E-state index in [1.54, 1.807) is 68.6 Å². The molecule has 0 N–H and O–H groups in total. The standard InChI is InChI=1S/C20H38NSi.2C19H36NSi.C19H32NSi.C17H34NSi.C16H13.C6H9.C5H8.13CH3.5Ti/c1-13-14(2)19(22(6,7)21-20(3,4)5)18-12-16-10-8-9-15(16)11-17(13)18;3*1-13-10-16-11-14-8-7-9-15(14)12-17(16)18(13)21(5,6)20-19(2,3)4;1-12-13(2)16(15-11-9-8-10-14(12)15)19(6,7)18-17(3,4)5;1-3-9-15(10-4-1)13-7-8-14-16-11-5-2-6-12-16;1-3-5-6-4-2;1-3-5-4-2;;;;;;;;;;;;;;;;;;/h13-19H,8-12H2,1-7H3;2*13-18H,7-12H2,1-6H3;11-13,16-18H,7-10H2,1-6H3;12-16H,8-11H2,1-7H3;1-13H;3,5-6H,1-2H3;3-5H,1H2,2H3;13*1H3;;;;;/q7*-1;;13*-1;5*+4/b;;;;;13-7+;5-3+;5-4+;;;;;;;;;;;;;;;;;;. The van der Waals surface area contributed by atoms with Crippen molar-refractivity contribution in [3.63, 3.8) is 0 Å². The summed E-state index contributed by atoms with van der Waals surface area (Å²) < 4.78 is 0. The number of rotatable bonds is 15. The van der Waals surface area contributed by atoms with Crippen LogP contribution in [0.5, 0.6) is 0 Å². The molecule has 0 spiro atoms. The van der Waals surface area contributed by atoms with Gasteiger partial charge in [-0.15, -0.1) is 82.7 Å². The Labute approximate surface area is 1020 Å². The Balaban J connectivity index is -0.000000186. The van der Waals surface area contributed by atoms with E-state index in [-0.39, 0.29) is 233 Å². The summed E-state index contributed by atoms with van der Waals surface area (Å²) in [4.78, 5) is 26.9. The molecule has 149 heavy (non-hydrogen) atoms. The number of fused-ring (bicyclic) bond motifs is 9. The summed E-state index contributed by atoms with van der Waals surface area (Å²) in [5, 5.41) is 0. The predicted octanol–water partition coefficient (Wildman–Crippen LogP) is 44.4. The first-order valence-electron chi connectivity index (χ1n) is 54.9. The zero-order valence-electron chi connectivity index (χ0n) is 107. The number of hydrogen-bond donors (Lipinski definition) is 0. The summed E-state index contributed by atoms with van der Waals surface area (Å²) in [6, 6.07) is 20.3. The minimum atomic E-state index is -1.57. The van der Waals surface area contributed by atoms with Gasteiger partial charge in [-0.05, 0) is 243 Å². The summed E-state index contributed by atoms with van der Waals surface area (Å²) in [7, 11) is -7.59. The van der Waals surface area contributed by atoms with Crippen LogP contribution < -0.4 is 0 Å². The number of benzene rings is 2. The fraction of sp³-hybridized carbons (Fsp3) is 0.694. The zero-order valence-corrected chi connectivity index (χ0v) is 120. The normalized spacial score (nSPS) is 31.3. The van der Waals surface area contributed by atoms with Crippen molar-refractivity contribution in [2.45, 2.75) is 454 Å². The molecule has 0 aromatic heterocycles. The van der Waals surface area contributed by atoms with Crippen molar-refractivity contribution in [3.05, 3.63) is 284 Å². The molecule has 28 atom stereocenters. The topological polar surface area (TPSA) is 70.5 Å². The van der Waals surface area contributed by atoms with E-state index < -0.39 is 41.2 Å². The molecule has 13 fully saturated rings. The Morgan fingerprint density at radius 1 is 0.309 bits per heavy atom. The van der Waals surface area contributed by atoms with Crippen LogP contribution in [-0.4, -0.2) is 68.9 Å². The number of nitrogens with zero attached hydrogens (tertiary/aromatic N) is 5. The largest absolute Gasteiger partial charge is 4.00 e. The van der Waals surface area contributed by atoms with E-state index in [1.807, 2.05) is 112 Å². The maximum absolute atomic E-state index is 5.42. The van der Waals surface area contributed by atoms with Gasteiger partial charge >= 0.3 is 109 Å². The van der Waals surface area contributed by atoms with Crippen LogP contribution >= 0.6 is 0 Å². The van der Waals surface area contributed by atoms with E-state index in [0.717, 1.165) is 169 Å². The molecule has 14 aliphatic rings. The smallest absolute Gasteiger partial charge is 0.660 e. The summed E-state index contributed by atoms with van der Waals surface area (Å²) in [5.41, 5.74) is 11.0. The fourth-order valence-electron chi connectivity index (χ4n) is 33.3. The van der Waals surface area contributed by atoms with Crippen molar-refractivity contribution >= 4 is 47.3 Å². The molecule has 16 rings (SSSR count). The second kappa shape index (κ2) is 73.9. The van der Waals surface area contributed by atoms with Crippen LogP contribution in [0, 0.1) is 245 Å². The van der Waals surface area contributed by atoms with Crippen LogP contribution in [-0.2, 0) is 109 Å². The zero-order chi connectivity index (χ0) is 97.0. The SMILES string of the molecule is C=C/C=C/C.CC1C(C)C([Si](C)(C)[N-]C(C)(C)C)C2CC3CCCC3CC12.CC1C(C)C([Si](C)(C)[N-]C(C)(C)C)C2CCCCC12.CC1CC2C=C3CCCC3=CC2C1[Si](C)(C)[N-]C(C)(C)C.CC1CC2CC3CCCC3CC2C1[Si](C)(C)[N-]C(C)(C)C.CC1CC2CC3CCCC3CC2C1[Si](C)(C)[N-]C(C)(C)C.C[C-]=C/C=C/C.[C-](=C/C=C/c1ccccc1)c1ccccc1.[CH3-].[CH3-].[CH3-].[CH3-].[CH3-].[CH3-].[CH3-].[CH3-].[CH3-].[CH3-].[CH3-].[CH3-].[CH3-].[Ti+4].[Ti+4].[Ti+4].[Ti+4].[Ti+4]. The van der Waals surface area contributed by atoms with Crippen LogP contribution in [0.4, 0.5) is 0 Å². The first-order chi connectivity index (χ1) is 61.0. The third-order valence-electron chi connectivity index (χ3n) is 35.6. The second-order valence-corrected chi connectivity index (χ2v) is 74.6. The summed E-state index contributed by atoms with van der Waals surface area (Å²) in [5.74, 6) is 22.6. The van der Waals surface area contributed by atoms with E-state index in [0.29, 0.717) is 0 Å². The van der Waals surface area contributed by atoms with E-state index in [2.05, 4.69) is 267 Å². The van der Waals surface area contributed by atoms with E-state index in [4.69, 9.17) is 24.9 Å². The molecule has 0 amide bonds. The van der Waals surface area contributed by atoms with Gasteiger partial charge in [0.05, 0.1) is 0 Å². The minimum Gasteiger partial charge on any atom is -0.660 e. The van der Waals surface area contributed by atoms with Crippen LogP contribution in [0.2, 0.25) is 93.2 Å². The summed E-state index contributed by atoms with van der Waals surface area (Å²) in [6.07, 6.45) is 66.2. The van der Waals surface area contributed by atoms with Crippen molar-refractivity contribution in [1.82, 2.24) is 0 Å². The van der Waals surface area contributed by atoms with Gasteiger partial charge in [-0.25, -0.2) is 12.2 Å². The number of hydrogen-bond acceptors (Lipinski definition) is 0. The summed E-state index contributed by atoms with van der Waals surface area (Å²) in [6.45, 7) is 86.8. The molecule has 13 saturated carbocycles. The molecule has 14 aliphatic carbocycles. The summed E-state index contributed by atoms with van der Waals surface area (Å²) >= 11 is 0. The van der Waals surface area contributed by atoms with Crippen molar-refractivity contribution in [1.29, 1.82) is 0 Å². The Morgan fingerprint density at radius 3 is 0.973 bits per heavy atom. The second-order valence-electron chi connectivity index (χ2n) is 53.6. The third-order valence-corrected chi connectivity index (χ3v) is 54.9. The van der Waals surface area contributed by atoms with Crippen LogP contribution in [0.3, 0.4) is 0 Å². The third kappa shape index (κ3) is 49.0. The Bertz CT molecular complexity index is 3890. The molecule has 2 aromatic rings. The fourth-order valence-corrected chi connectivity index (χ4v) is 57.6. The molecule has 0 radical (unpaired) electrons. The van der Waals surface area contributed by atoms with Crippen molar-refractivity contribution in [2.24, 2.45) is 136 Å². The van der Waals surface area contributed by atoms with E-state index >= 15 is 0 Å². The van der Waals surface area contributed by atoms with Gasteiger partial charge in [-0.1, -0.05) is 450 Å². The van der Waals surface area contributed by atoms with Crippen LogP contribution in [0.1, 0.15) is 345 Å². The minimum absolute atomic E-state index is 0. The predicted molar refractivity (Wildman–Crippen MR) is 679 cm³/mol. The Kier molecular flexibility index (Phi) is 84.1. The monoisotopic (exact) mass is 2300 g/mol. The first kappa shape index (κ1) is 170. The molecule has 0 bridgehead atoms. The van der Waals surface area contributed by atoms with Gasteiger partial charge in [0.1, 0.15) is 0 Å². The first-order valence-corrected chi connectivity index (χ1v) is 70.0. The van der Waals surface area contributed by atoms with Gasteiger partial charge < -0.3 is 121 Å². The average Bonchev–Trinajstić information content (AvgIpc) is 1.69. The van der Waals surface area contributed by atoms with Gasteiger partial charge in [0, 0.05) is 0 Å². The van der Waals surface area contributed by atoms with Gasteiger partial charge in [0.15, 0.2) is 0 Å². The van der Waals surface area contributed by atoms with Crippen molar-refractivity contribution in [3.8, 4) is 0 Å². The maximum atomic E-state index is 5.42. The van der Waals surface area contributed by atoms with Gasteiger partial charge in [0.25, 0.3) is 0 Å². The Morgan fingerprint density at radius 2 is 0.624 bits per heavy atom. The molecule has 0 saturated heterocycles. The average molecular weight is 2310 g/mol. The van der Waals surface area contributed by atoms with Crippen LogP contribution in [0.25, 0.3) is 31.0 Å². The molecular weight excluding hydrogens is 2060 g/mol. The molecule has 28 unspecified atom stereocenters. The van der Waals surface area contributed by atoms with E-state index in [1.165, 1.54) is 115 Å². The van der Waals surface area contributed by atoms with Crippen LogP contribution in [0.15, 0.2) is 139 Å².